The highest BCUT2D eigenvalue weighted by Crippen LogP contribution is 2.42. The largest absolute Gasteiger partial charge is 0.296 e. The van der Waals surface area contributed by atoms with Crippen molar-refractivity contribution in [2.24, 2.45) is 0 Å². The van der Waals surface area contributed by atoms with Crippen LogP contribution in [0.3, 0.4) is 0 Å². The van der Waals surface area contributed by atoms with Gasteiger partial charge in [0.25, 0.3) is 0 Å². The maximum absolute atomic E-state index is 14.4. The Morgan fingerprint density at radius 1 is 0.923 bits per heavy atom. The quantitative estimate of drug-likeness (QED) is 0.474. The van der Waals surface area contributed by atoms with Gasteiger partial charge < -0.3 is 0 Å². The molecular weight excluding hydrogens is 337 g/mol. The van der Waals surface area contributed by atoms with Gasteiger partial charge in [-0.3, -0.25) is 9.65 Å². The maximum Gasteiger partial charge on any atom is 0.205 e. The van der Waals surface area contributed by atoms with Crippen LogP contribution in [0.4, 0.5) is 0 Å². The summed E-state index contributed by atoms with van der Waals surface area (Å²) < 4.78 is 14.4. The Labute approximate surface area is 156 Å². The second-order valence-corrected chi connectivity index (χ2v) is 8.80. The van der Waals surface area contributed by atoms with E-state index in [0.29, 0.717) is 6.42 Å². The summed E-state index contributed by atoms with van der Waals surface area (Å²) in [4.78, 5) is 0. The zero-order valence-electron chi connectivity index (χ0n) is 15.0. The number of allylic oxidation sites excluding steroid dienone is 1. The summed E-state index contributed by atoms with van der Waals surface area (Å²) in [6.07, 6.45) is 2.54. The van der Waals surface area contributed by atoms with Gasteiger partial charge in [-0.2, -0.15) is 0 Å². The van der Waals surface area contributed by atoms with Crippen molar-refractivity contribution in [3.63, 3.8) is 0 Å². The van der Waals surface area contributed by atoms with Crippen molar-refractivity contribution < 1.29 is 4.57 Å². The molecule has 0 saturated carbocycles. The summed E-state index contributed by atoms with van der Waals surface area (Å²) in [5, 5.41) is 5.14. The minimum absolute atomic E-state index is 0.0426. The average molecular weight is 361 g/mol. The van der Waals surface area contributed by atoms with Crippen molar-refractivity contribution in [1.29, 1.82) is 0 Å². The number of hydrogen-bond donors (Lipinski definition) is 1. The standard InChI is InChI=1S/C23H24NOP/c1-3-12-21-15-10-11-18-23(21)26(25,22-16-8-5-9-17-22)24-19(2)20-13-6-4-7-14-20/h3-11,13-19H,1,12H2,2H3,(H,24,25). The molecule has 1 N–H and O–H groups in total. The van der Waals surface area contributed by atoms with E-state index in [2.05, 4.69) is 30.7 Å². The maximum atomic E-state index is 14.4. The molecule has 0 bridgehead atoms. The topological polar surface area (TPSA) is 29.1 Å². The minimum Gasteiger partial charge on any atom is -0.296 e. The van der Waals surface area contributed by atoms with Crippen molar-refractivity contribution in [1.82, 2.24) is 5.09 Å². The number of hydrogen-bond acceptors (Lipinski definition) is 1. The van der Waals surface area contributed by atoms with Gasteiger partial charge in [-0.1, -0.05) is 72.8 Å². The van der Waals surface area contributed by atoms with E-state index in [0.717, 1.165) is 21.7 Å². The number of rotatable bonds is 7. The van der Waals surface area contributed by atoms with E-state index in [-0.39, 0.29) is 6.04 Å². The van der Waals surface area contributed by atoms with Gasteiger partial charge >= 0.3 is 0 Å². The van der Waals surface area contributed by atoms with E-state index >= 15 is 0 Å². The SMILES string of the molecule is C=CCc1ccccc1P(=O)(NC(C)c1ccccc1)c1ccccc1. The Morgan fingerprint density at radius 3 is 2.15 bits per heavy atom. The van der Waals surface area contributed by atoms with Crippen LogP contribution in [-0.4, -0.2) is 0 Å². The molecule has 0 radical (unpaired) electrons. The predicted octanol–water partition coefficient (Wildman–Crippen LogP) is 4.99. The Hall–Kier alpha value is -2.41. The lowest BCUT2D eigenvalue weighted by Crippen LogP contribution is -2.31. The molecule has 3 heteroatoms. The normalized spacial score (nSPS) is 14.3. The predicted molar refractivity (Wildman–Crippen MR) is 112 cm³/mol. The van der Waals surface area contributed by atoms with Crippen LogP contribution in [-0.2, 0) is 11.0 Å². The molecule has 0 aliphatic heterocycles. The Bertz CT molecular complexity index is 906. The third kappa shape index (κ3) is 3.88. The van der Waals surface area contributed by atoms with Gasteiger partial charge in [0.2, 0.25) is 7.29 Å². The van der Waals surface area contributed by atoms with Crippen molar-refractivity contribution in [3.05, 3.63) is 109 Å². The fraction of sp³-hybridized carbons (Fsp3) is 0.130. The smallest absolute Gasteiger partial charge is 0.205 e. The highest BCUT2D eigenvalue weighted by atomic mass is 31.2. The van der Waals surface area contributed by atoms with E-state index < -0.39 is 7.29 Å². The average Bonchev–Trinajstić information content (AvgIpc) is 2.70. The first kappa shape index (κ1) is 18.4. The zero-order chi connectivity index (χ0) is 18.4. The van der Waals surface area contributed by atoms with Crippen LogP contribution in [0.2, 0.25) is 0 Å². The molecule has 0 heterocycles. The van der Waals surface area contributed by atoms with Gasteiger partial charge in [0.05, 0.1) is 0 Å². The fourth-order valence-corrected chi connectivity index (χ4v) is 5.88. The van der Waals surface area contributed by atoms with E-state index in [1.165, 1.54) is 0 Å². The van der Waals surface area contributed by atoms with Gasteiger partial charge in [-0.05, 0) is 42.7 Å². The lowest BCUT2D eigenvalue weighted by Gasteiger charge is -2.26. The summed E-state index contributed by atoms with van der Waals surface area (Å²) >= 11 is 0. The molecule has 0 saturated heterocycles. The fourth-order valence-electron chi connectivity index (χ4n) is 3.16. The van der Waals surface area contributed by atoms with E-state index in [9.17, 15) is 4.57 Å². The molecule has 3 aromatic rings. The Kier molecular flexibility index (Phi) is 5.88. The Morgan fingerprint density at radius 2 is 1.50 bits per heavy atom. The van der Waals surface area contributed by atoms with Crippen LogP contribution in [0, 0.1) is 0 Å². The summed E-state index contributed by atoms with van der Waals surface area (Å²) in [5.41, 5.74) is 2.16. The summed E-state index contributed by atoms with van der Waals surface area (Å²) in [6.45, 7) is 5.91. The molecule has 0 fully saturated rings. The van der Waals surface area contributed by atoms with Crippen molar-refractivity contribution >= 4 is 17.9 Å². The molecule has 2 unspecified atom stereocenters. The highest BCUT2D eigenvalue weighted by molar-refractivity contribution is 7.77. The van der Waals surface area contributed by atoms with Crippen LogP contribution >= 0.6 is 7.29 Å². The first-order chi connectivity index (χ1) is 12.6. The van der Waals surface area contributed by atoms with Crippen molar-refractivity contribution in [2.45, 2.75) is 19.4 Å². The van der Waals surface area contributed by atoms with Crippen LogP contribution < -0.4 is 15.7 Å². The minimum atomic E-state index is -3.01. The van der Waals surface area contributed by atoms with E-state index in [4.69, 9.17) is 0 Å². The van der Waals surface area contributed by atoms with Gasteiger partial charge in [-0.25, -0.2) is 0 Å². The van der Waals surface area contributed by atoms with Crippen LogP contribution in [0.1, 0.15) is 24.1 Å². The first-order valence-electron chi connectivity index (χ1n) is 8.83. The third-order valence-corrected chi connectivity index (χ3v) is 7.38. The van der Waals surface area contributed by atoms with Gasteiger partial charge in [0, 0.05) is 16.7 Å². The van der Waals surface area contributed by atoms with E-state index in [1.807, 2.05) is 78.9 Å². The lowest BCUT2D eigenvalue weighted by atomic mass is 10.1. The highest BCUT2D eigenvalue weighted by Gasteiger charge is 2.31. The number of nitrogens with one attached hydrogen (secondary N) is 1. The Balaban J connectivity index is 2.10. The van der Waals surface area contributed by atoms with Crippen molar-refractivity contribution in [2.75, 3.05) is 0 Å². The van der Waals surface area contributed by atoms with Crippen molar-refractivity contribution in [3.8, 4) is 0 Å². The summed E-state index contributed by atoms with van der Waals surface area (Å²) in [7, 11) is -3.01. The summed E-state index contributed by atoms with van der Waals surface area (Å²) in [6, 6.07) is 27.7. The monoisotopic (exact) mass is 361 g/mol. The van der Waals surface area contributed by atoms with Gasteiger partial charge in [0.15, 0.2) is 0 Å². The van der Waals surface area contributed by atoms with Crippen LogP contribution in [0.5, 0.6) is 0 Å². The molecule has 132 valence electrons. The molecule has 2 nitrogen and oxygen atoms in total. The van der Waals surface area contributed by atoms with E-state index in [1.54, 1.807) is 0 Å². The van der Waals surface area contributed by atoms with Crippen LogP contribution in [0.15, 0.2) is 97.6 Å². The first-order valence-corrected chi connectivity index (χ1v) is 10.5. The molecule has 0 amide bonds. The molecular formula is C23H24NOP. The molecule has 0 aliphatic rings. The molecule has 0 aromatic heterocycles. The molecule has 0 aliphatic carbocycles. The summed E-state index contributed by atoms with van der Waals surface area (Å²) in [5.74, 6) is 0. The zero-order valence-corrected chi connectivity index (χ0v) is 15.9. The second kappa shape index (κ2) is 8.31. The van der Waals surface area contributed by atoms with Gasteiger partial charge in [-0.15, -0.1) is 6.58 Å². The van der Waals surface area contributed by atoms with Crippen LogP contribution in [0.25, 0.3) is 0 Å². The third-order valence-electron chi connectivity index (χ3n) is 4.49. The lowest BCUT2D eigenvalue weighted by molar-refractivity contribution is 0.568. The molecule has 0 spiro atoms. The molecule has 3 aromatic carbocycles. The number of benzene rings is 3. The second-order valence-electron chi connectivity index (χ2n) is 6.33. The van der Waals surface area contributed by atoms with Gasteiger partial charge in [0.1, 0.15) is 0 Å². The molecule has 3 rings (SSSR count). The molecule has 26 heavy (non-hydrogen) atoms. The molecule has 2 atom stereocenters.